The first-order chi connectivity index (χ1) is 8.72. The minimum Gasteiger partial charge on any atom is -0.295 e. The minimum atomic E-state index is 0.489. The van der Waals surface area contributed by atoms with Crippen molar-refractivity contribution in [2.24, 2.45) is 0 Å². The van der Waals surface area contributed by atoms with Gasteiger partial charge >= 0.3 is 0 Å². The highest BCUT2D eigenvalue weighted by molar-refractivity contribution is 6.18. The van der Waals surface area contributed by atoms with E-state index in [1.165, 1.54) is 10.9 Å². The number of nitrogens with zero attached hydrogens (tertiary/aromatic N) is 2. The van der Waals surface area contributed by atoms with Crippen LogP contribution in [0, 0.1) is 0 Å². The molecule has 0 radical (unpaired) electrons. The van der Waals surface area contributed by atoms with Gasteiger partial charge in [-0.15, -0.1) is 11.6 Å². The van der Waals surface area contributed by atoms with E-state index in [0.717, 1.165) is 18.6 Å². The SMILES string of the molecule is CC(C)N(CCCl)Cc1cccc2cccnc12. The van der Waals surface area contributed by atoms with Crippen LogP contribution in [-0.2, 0) is 6.54 Å². The van der Waals surface area contributed by atoms with Crippen LogP contribution in [0.2, 0.25) is 0 Å². The van der Waals surface area contributed by atoms with Crippen LogP contribution in [0.3, 0.4) is 0 Å². The second kappa shape index (κ2) is 6.17. The van der Waals surface area contributed by atoms with Crippen LogP contribution in [-0.4, -0.2) is 28.4 Å². The van der Waals surface area contributed by atoms with Gasteiger partial charge in [-0.3, -0.25) is 9.88 Å². The maximum absolute atomic E-state index is 5.87. The number of alkyl halides is 1. The summed E-state index contributed by atoms with van der Waals surface area (Å²) in [5.74, 6) is 0.663. The van der Waals surface area contributed by atoms with Crippen molar-refractivity contribution < 1.29 is 0 Å². The van der Waals surface area contributed by atoms with Crippen molar-refractivity contribution in [3.63, 3.8) is 0 Å². The molecule has 2 nitrogen and oxygen atoms in total. The average Bonchev–Trinajstić information content (AvgIpc) is 2.38. The molecule has 1 aromatic carbocycles. The molecule has 1 aromatic heterocycles. The van der Waals surface area contributed by atoms with Crippen molar-refractivity contribution >= 4 is 22.5 Å². The molecule has 0 amide bonds. The summed E-state index contributed by atoms with van der Waals surface area (Å²) in [7, 11) is 0. The van der Waals surface area contributed by atoms with Gasteiger partial charge in [0.1, 0.15) is 0 Å². The molecule has 0 N–H and O–H groups in total. The monoisotopic (exact) mass is 262 g/mol. The fourth-order valence-corrected chi connectivity index (χ4v) is 2.36. The maximum Gasteiger partial charge on any atom is 0.0746 e. The molecule has 0 aliphatic heterocycles. The van der Waals surface area contributed by atoms with Crippen molar-refractivity contribution in [2.75, 3.05) is 12.4 Å². The molecule has 0 saturated heterocycles. The van der Waals surface area contributed by atoms with Gasteiger partial charge in [0.15, 0.2) is 0 Å². The molecule has 0 unspecified atom stereocenters. The highest BCUT2D eigenvalue weighted by atomic mass is 35.5. The van der Waals surface area contributed by atoms with Gasteiger partial charge in [-0.25, -0.2) is 0 Å². The smallest absolute Gasteiger partial charge is 0.0746 e. The first-order valence-electron chi connectivity index (χ1n) is 6.35. The van der Waals surface area contributed by atoms with Crippen LogP contribution in [0.25, 0.3) is 10.9 Å². The van der Waals surface area contributed by atoms with Crippen LogP contribution in [0.1, 0.15) is 19.4 Å². The number of benzene rings is 1. The van der Waals surface area contributed by atoms with Crippen LogP contribution in [0.4, 0.5) is 0 Å². The molecule has 0 saturated carbocycles. The number of hydrogen-bond acceptors (Lipinski definition) is 2. The van der Waals surface area contributed by atoms with E-state index in [-0.39, 0.29) is 0 Å². The summed E-state index contributed by atoms with van der Waals surface area (Å²) in [5.41, 5.74) is 2.37. The first kappa shape index (κ1) is 13.3. The van der Waals surface area contributed by atoms with Gasteiger partial charge < -0.3 is 0 Å². The van der Waals surface area contributed by atoms with E-state index in [9.17, 15) is 0 Å². The Bertz CT molecular complexity index is 505. The van der Waals surface area contributed by atoms with E-state index in [0.29, 0.717) is 11.9 Å². The predicted molar refractivity (Wildman–Crippen MR) is 78.0 cm³/mol. The molecular formula is C15H19ClN2. The molecular weight excluding hydrogens is 244 g/mol. The Balaban J connectivity index is 2.30. The molecule has 2 rings (SSSR count). The van der Waals surface area contributed by atoms with Gasteiger partial charge in [0, 0.05) is 36.6 Å². The van der Waals surface area contributed by atoms with E-state index in [2.05, 4.69) is 48.0 Å². The average molecular weight is 263 g/mol. The maximum atomic E-state index is 5.87. The van der Waals surface area contributed by atoms with E-state index in [1.807, 2.05) is 12.3 Å². The minimum absolute atomic E-state index is 0.489. The number of rotatable bonds is 5. The van der Waals surface area contributed by atoms with Gasteiger partial charge in [0.05, 0.1) is 5.52 Å². The Morgan fingerprint density at radius 3 is 2.72 bits per heavy atom. The lowest BCUT2D eigenvalue weighted by Gasteiger charge is -2.25. The van der Waals surface area contributed by atoms with Crippen molar-refractivity contribution in [3.8, 4) is 0 Å². The van der Waals surface area contributed by atoms with Gasteiger partial charge in [0.25, 0.3) is 0 Å². The molecule has 3 heteroatoms. The van der Waals surface area contributed by atoms with Gasteiger partial charge in [-0.2, -0.15) is 0 Å². The molecule has 0 atom stereocenters. The molecule has 0 aliphatic rings. The topological polar surface area (TPSA) is 16.1 Å². The fourth-order valence-electron chi connectivity index (χ4n) is 2.14. The summed E-state index contributed by atoms with van der Waals surface area (Å²) in [6.07, 6.45) is 1.85. The summed E-state index contributed by atoms with van der Waals surface area (Å²) in [6, 6.07) is 10.9. The number of fused-ring (bicyclic) bond motifs is 1. The Morgan fingerprint density at radius 2 is 2.00 bits per heavy atom. The van der Waals surface area contributed by atoms with E-state index < -0.39 is 0 Å². The summed E-state index contributed by atoms with van der Waals surface area (Å²) in [4.78, 5) is 6.87. The van der Waals surface area contributed by atoms with Crippen molar-refractivity contribution in [2.45, 2.75) is 26.4 Å². The summed E-state index contributed by atoms with van der Waals surface area (Å²) >= 11 is 5.87. The number of aromatic nitrogens is 1. The lowest BCUT2D eigenvalue weighted by atomic mass is 10.1. The standard InChI is InChI=1S/C15H19ClN2/c1-12(2)18(10-8-16)11-14-6-3-5-13-7-4-9-17-15(13)14/h3-7,9,12H,8,10-11H2,1-2H3. The van der Waals surface area contributed by atoms with Gasteiger partial charge in [-0.05, 0) is 25.5 Å². The number of halogens is 1. The number of hydrogen-bond donors (Lipinski definition) is 0. The summed E-state index contributed by atoms with van der Waals surface area (Å²) in [6.45, 7) is 6.21. The predicted octanol–water partition coefficient (Wildman–Crippen LogP) is 3.68. The quantitative estimate of drug-likeness (QED) is 0.764. The van der Waals surface area contributed by atoms with Crippen LogP contribution >= 0.6 is 11.6 Å². The van der Waals surface area contributed by atoms with E-state index >= 15 is 0 Å². The normalized spacial score (nSPS) is 11.6. The highest BCUT2D eigenvalue weighted by Crippen LogP contribution is 2.18. The molecule has 1 heterocycles. The summed E-state index contributed by atoms with van der Waals surface area (Å²) < 4.78 is 0. The Kier molecular flexibility index (Phi) is 4.56. The Labute approximate surface area is 114 Å². The first-order valence-corrected chi connectivity index (χ1v) is 6.88. The highest BCUT2D eigenvalue weighted by Gasteiger charge is 2.11. The molecule has 96 valence electrons. The van der Waals surface area contributed by atoms with E-state index in [4.69, 9.17) is 11.6 Å². The van der Waals surface area contributed by atoms with Gasteiger partial charge in [-0.1, -0.05) is 24.3 Å². The van der Waals surface area contributed by atoms with Crippen molar-refractivity contribution in [3.05, 3.63) is 42.1 Å². The third-order valence-corrected chi connectivity index (χ3v) is 3.36. The van der Waals surface area contributed by atoms with Crippen LogP contribution in [0.15, 0.2) is 36.5 Å². The molecule has 0 aliphatic carbocycles. The third-order valence-electron chi connectivity index (χ3n) is 3.19. The largest absolute Gasteiger partial charge is 0.295 e. The Morgan fingerprint density at radius 1 is 1.22 bits per heavy atom. The van der Waals surface area contributed by atoms with Crippen molar-refractivity contribution in [1.29, 1.82) is 0 Å². The van der Waals surface area contributed by atoms with E-state index in [1.54, 1.807) is 0 Å². The number of para-hydroxylation sites is 1. The zero-order chi connectivity index (χ0) is 13.0. The molecule has 0 fully saturated rings. The molecule has 0 spiro atoms. The second-order valence-corrected chi connectivity index (χ2v) is 5.12. The molecule has 18 heavy (non-hydrogen) atoms. The summed E-state index contributed by atoms with van der Waals surface area (Å²) in [5, 5.41) is 1.20. The lowest BCUT2D eigenvalue weighted by Crippen LogP contribution is -2.32. The van der Waals surface area contributed by atoms with Crippen LogP contribution < -0.4 is 0 Å². The molecule has 2 aromatic rings. The van der Waals surface area contributed by atoms with Crippen LogP contribution in [0.5, 0.6) is 0 Å². The third kappa shape index (κ3) is 3.01. The number of pyridine rings is 1. The van der Waals surface area contributed by atoms with Gasteiger partial charge in [0.2, 0.25) is 0 Å². The molecule has 0 bridgehead atoms. The van der Waals surface area contributed by atoms with Crippen molar-refractivity contribution in [1.82, 2.24) is 9.88 Å². The fraction of sp³-hybridized carbons (Fsp3) is 0.400. The lowest BCUT2D eigenvalue weighted by molar-refractivity contribution is 0.227. The second-order valence-electron chi connectivity index (χ2n) is 4.75. The zero-order valence-corrected chi connectivity index (χ0v) is 11.7. The Hall–Kier alpha value is -1.12. The zero-order valence-electron chi connectivity index (χ0n) is 10.9.